The number of benzene rings is 2. The molecule has 1 aliphatic heterocycles. The minimum atomic E-state index is -0.253. The Labute approximate surface area is 187 Å². The van der Waals surface area contributed by atoms with Gasteiger partial charge < -0.3 is 14.4 Å². The highest BCUT2D eigenvalue weighted by Gasteiger charge is 2.35. The molecule has 2 aromatic carbocycles. The highest BCUT2D eigenvalue weighted by molar-refractivity contribution is 5.77. The molecule has 8 nitrogen and oxygen atoms in total. The molecule has 0 bridgehead atoms. The lowest BCUT2D eigenvalue weighted by molar-refractivity contribution is 0.174. The van der Waals surface area contributed by atoms with Gasteiger partial charge in [0.1, 0.15) is 23.1 Å². The molecule has 8 heteroatoms. The standard InChI is InChI=1S/C24H28N6O2/c1-24(2,3)30-23(25-26-27-30)22(21-16-17-6-4-5-7-20(17)32-21)29-14-12-28(13-15-29)18-8-10-19(31)11-9-18/h4-11,16,22,31H,12-15H2,1-3H3. The van der Waals surface area contributed by atoms with Crippen LogP contribution in [0.4, 0.5) is 5.69 Å². The van der Waals surface area contributed by atoms with Crippen LogP contribution in [-0.4, -0.2) is 56.4 Å². The van der Waals surface area contributed by atoms with E-state index >= 15 is 0 Å². The molecule has 2 aromatic heterocycles. The minimum Gasteiger partial charge on any atom is -0.508 e. The van der Waals surface area contributed by atoms with E-state index in [4.69, 9.17) is 4.42 Å². The lowest BCUT2D eigenvalue weighted by atomic mass is 10.1. The number of aromatic hydroxyl groups is 1. The normalized spacial score (nSPS) is 16.5. The second-order valence-corrected chi connectivity index (χ2v) is 9.25. The molecule has 166 valence electrons. The van der Waals surface area contributed by atoms with Gasteiger partial charge in [0.15, 0.2) is 5.82 Å². The maximum atomic E-state index is 9.59. The van der Waals surface area contributed by atoms with Gasteiger partial charge in [-0.05, 0) is 67.6 Å². The topological polar surface area (TPSA) is 83.5 Å². The summed E-state index contributed by atoms with van der Waals surface area (Å²) >= 11 is 0. The Balaban J connectivity index is 1.48. The number of hydrogen-bond acceptors (Lipinski definition) is 7. The second-order valence-electron chi connectivity index (χ2n) is 9.25. The first-order valence-corrected chi connectivity index (χ1v) is 11.0. The molecule has 0 radical (unpaired) electrons. The molecule has 1 aliphatic rings. The van der Waals surface area contributed by atoms with Crippen LogP contribution in [0.25, 0.3) is 11.0 Å². The van der Waals surface area contributed by atoms with Gasteiger partial charge in [0.2, 0.25) is 0 Å². The molecule has 0 aliphatic carbocycles. The largest absolute Gasteiger partial charge is 0.508 e. The quantitative estimate of drug-likeness (QED) is 0.525. The summed E-state index contributed by atoms with van der Waals surface area (Å²) in [6.45, 7) is 9.69. The van der Waals surface area contributed by atoms with Crippen molar-refractivity contribution >= 4 is 16.7 Å². The average molecular weight is 433 g/mol. The van der Waals surface area contributed by atoms with Gasteiger partial charge in [-0.3, -0.25) is 4.90 Å². The molecule has 1 atom stereocenters. The van der Waals surface area contributed by atoms with Crippen molar-refractivity contribution in [2.45, 2.75) is 32.4 Å². The first-order chi connectivity index (χ1) is 15.4. The zero-order valence-corrected chi connectivity index (χ0v) is 18.6. The maximum absolute atomic E-state index is 9.59. The molecule has 5 rings (SSSR count). The molecule has 1 unspecified atom stereocenters. The molecule has 1 fully saturated rings. The molecule has 1 saturated heterocycles. The molecule has 0 saturated carbocycles. The van der Waals surface area contributed by atoms with Crippen LogP contribution in [0, 0.1) is 0 Å². The Morgan fingerprint density at radius 1 is 0.969 bits per heavy atom. The van der Waals surface area contributed by atoms with Gasteiger partial charge >= 0.3 is 0 Å². The predicted molar refractivity (Wildman–Crippen MR) is 123 cm³/mol. The number of para-hydroxylation sites is 1. The number of nitrogens with zero attached hydrogens (tertiary/aromatic N) is 6. The van der Waals surface area contributed by atoms with Crippen LogP contribution in [0.5, 0.6) is 5.75 Å². The number of tetrazole rings is 1. The van der Waals surface area contributed by atoms with Crippen molar-refractivity contribution in [2.75, 3.05) is 31.1 Å². The molecule has 3 heterocycles. The second kappa shape index (κ2) is 7.94. The van der Waals surface area contributed by atoms with E-state index in [9.17, 15) is 5.11 Å². The molecule has 1 N–H and O–H groups in total. The molecule has 4 aromatic rings. The van der Waals surface area contributed by atoms with E-state index in [1.807, 2.05) is 35.0 Å². The molecule has 0 spiro atoms. The fourth-order valence-electron chi connectivity index (χ4n) is 4.35. The lowest BCUT2D eigenvalue weighted by Gasteiger charge is -2.39. The fourth-order valence-corrected chi connectivity index (χ4v) is 4.35. The van der Waals surface area contributed by atoms with Crippen molar-refractivity contribution in [2.24, 2.45) is 0 Å². The van der Waals surface area contributed by atoms with Crippen LogP contribution in [-0.2, 0) is 5.54 Å². The van der Waals surface area contributed by atoms with Gasteiger partial charge in [-0.15, -0.1) is 5.10 Å². The van der Waals surface area contributed by atoms with Gasteiger partial charge in [0, 0.05) is 37.3 Å². The third-order valence-electron chi connectivity index (χ3n) is 5.98. The molecule has 0 amide bonds. The number of anilines is 1. The Morgan fingerprint density at radius 2 is 1.69 bits per heavy atom. The van der Waals surface area contributed by atoms with E-state index in [1.54, 1.807) is 12.1 Å². The van der Waals surface area contributed by atoms with Gasteiger partial charge in [-0.2, -0.15) is 0 Å². The van der Waals surface area contributed by atoms with E-state index in [0.717, 1.165) is 54.4 Å². The molecular formula is C24H28N6O2. The zero-order chi connectivity index (χ0) is 22.3. The van der Waals surface area contributed by atoms with Crippen molar-refractivity contribution in [3.05, 3.63) is 66.2 Å². The Hall–Kier alpha value is -3.39. The average Bonchev–Trinajstić information content (AvgIpc) is 3.42. The summed E-state index contributed by atoms with van der Waals surface area (Å²) in [4.78, 5) is 4.72. The van der Waals surface area contributed by atoms with Gasteiger partial charge in [0.05, 0.1) is 5.54 Å². The summed E-state index contributed by atoms with van der Waals surface area (Å²) in [7, 11) is 0. The monoisotopic (exact) mass is 432 g/mol. The highest BCUT2D eigenvalue weighted by atomic mass is 16.3. The maximum Gasteiger partial charge on any atom is 0.176 e. The minimum absolute atomic E-state index is 0.182. The Kier molecular flexibility index (Phi) is 5.09. The van der Waals surface area contributed by atoms with Gasteiger partial charge in [0.25, 0.3) is 0 Å². The summed E-state index contributed by atoms with van der Waals surface area (Å²) < 4.78 is 8.21. The number of hydrogen-bond donors (Lipinski definition) is 1. The number of furan rings is 1. The predicted octanol–water partition coefficient (Wildman–Crippen LogP) is 3.79. The van der Waals surface area contributed by atoms with E-state index in [-0.39, 0.29) is 17.3 Å². The number of fused-ring (bicyclic) bond motifs is 1. The summed E-state index contributed by atoms with van der Waals surface area (Å²) in [5.74, 6) is 1.92. The van der Waals surface area contributed by atoms with E-state index < -0.39 is 0 Å². The van der Waals surface area contributed by atoms with Crippen LogP contribution in [0.1, 0.15) is 38.4 Å². The fraction of sp³-hybridized carbons (Fsp3) is 0.375. The summed E-state index contributed by atoms with van der Waals surface area (Å²) in [5.41, 5.74) is 1.73. The third-order valence-corrected chi connectivity index (χ3v) is 5.98. The third kappa shape index (κ3) is 3.82. The summed E-state index contributed by atoms with van der Waals surface area (Å²) in [6, 6.07) is 17.4. The van der Waals surface area contributed by atoms with Crippen LogP contribution < -0.4 is 4.90 Å². The van der Waals surface area contributed by atoms with Crippen LogP contribution in [0.15, 0.2) is 59.0 Å². The number of phenols is 1. The molecular weight excluding hydrogens is 404 g/mol. The Morgan fingerprint density at radius 3 is 2.38 bits per heavy atom. The van der Waals surface area contributed by atoms with Crippen LogP contribution >= 0.6 is 0 Å². The highest BCUT2D eigenvalue weighted by Crippen LogP contribution is 2.34. The van der Waals surface area contributed by atoms with Gasteiger partial charge in [-0.25, -0.2) is 4.68 Å². The number of rotatable bonds is 4. The van der Waals surface area contributed by atoms with Gasteiger partial charge in [-0.1, -0.05) is 18.2 Å². The van der Waals surface area contributed by atoms with Crippen molar-refractivity contribution in [3.63, 3.8) is 0 Å². The number of piperazine rings is 1. The van der Waals surface area contributed by atoms with Crippen molar-refractivity contribution in [1.29, 1.82) is 0 Å². The zero-order valence-electron chi connectivity index (χ0n) is 18.6. The van der Waals surface area contributed by atoms with Crippen LogP contribution in [0.3, 0.4) is 0 Å². The van der Waals surface area contributed by atoms with E-state index in [1.165, 1.54) is 0 Å². The van der Waals surface area contributed by atoms with E-state index in [2.05, 4.69) is 58.2 Å². The number of phenolic OH excluding ortho intramolecular Hbond substituents is 1. The lowest BCUT2D eigenvalue weighted by Crippen LogP contribution is -2.48. The number of aromatic nitrogens is 4. The first kappa shape index (κ1) is 20.5. The summed E-state index contributed by atoms with van der Waals surface area (Å²) in [5, 5.41) is 23.4. The summed E-state index contributed by atoms with van der Waals surface area (Å²) in [6.07, 6.45) is 0. The van der Waals surface area contributed by atoms with Crippen LogP contribution in [0.2, 0.25) is 0 Å². The first-order valence-electron chi connectivity index (χ1n) is 11.0. The smallest absolute Gasteiger partial charge is 0.176 e. The van der Waals surface area contributed by atoms with Crippen molar-refractivity contribution in [3.8, 4) is 5.75 Å². The molecule has 32 heavy (non-hydrogen) atoms. The van der Waals surface area contributed by atoms with E-state index in [0.29, 0.717) is 0 Å². The van der Waals surface area contributed by atoms with Crippen molar-refractivity contribution in [1.82, 2.24) is 25.1 Å². The van der Waals surface area contributed by atoms with Crippen molar-refractivity contribution < 1.29 is 9.52 Å². The SMILES string of the molecule is CC(C)(C)n1nnnc1C(c1cc2ccccc2o1)N1CCN(c2ccc(O)cc2)CC1. The Bertz CT molecular complexity index is 1170.